The Kier molecular flexibility index (Phi) is 23.8. The van der Waals surface area contributed by atoms with E-state index in [1.165, 1.54) is 36.0 Å². The van der Waals surface area contributed by atoms with Crippen LogP contribution in [0.5, 0.6) is 5.75 Å². The van der Waals surface area contributed by atoms with Gasteiger partial charge in [0.1, 0.15) is 42.0 Å². The summed E-state index contributed by atoms with van der Waals surface area (Å²) in [6.07, 6.45) is -0.716. The molecule has 0 radical (unpaired) electrons. The number of hydrogen-bond donors (Lipinski definition) is 14. The van der Waals surface area contributed by atoms with Gasteiger partial charge in [0.05, 0.1) is 25.2 Å². The number of phenolic OH excluding ortho intramolecular Hbond substituents is 1. The number of nitrogens with one attached hydrogen (secondary N) is 6. The van der Waals surface area contributed by atoms with Crippen LogP contribution in [-0.2, 0) is 44.8 Å². The number of aliphatic hydroxyl groups is 2. The smallest absolute Gasteiger partial charge is 0.328 e. The van der Waals surface area contributed by atoms with Crippen molar-refractivity contribution in [1.29, 1.82) is 0 Å². The van der Waals surface area contributed by atoms with Gasteiger partial charge in [0.25, 0.3) is 0 Å². The molecule has 6 amide bonds. The highest BCUT2D eigenvalue weighted by atomic mass is 32.2. The lowest BCUT2D eigenvalue weighted by atomic mass is 10.00. The minimum absolute atomic E-state index is 0.00673. The molecule has 0 saturated heterocycles. The quantitative estimate of drug-likeness (QED) is 0.0216. The maximum absolute atomic E-state index is 14.0. The predicted octanol–water partition coefficient (Wildman–Crippen LogP) is -4.04. The Balaban J connectivity index is 3.43. The van der Waals surface area contributed by atoms with Crippen LogP contribution < -0.4 is 49.1 Å². The minimum atomic E-state index is -1.88. The van der Waals surface area contributed by atoms with E-state index in [9.17, 15) is 63.9 Å². The summed E-state index contributed by atoms with van der Waals surface area (Å²) in [6.45, 7) is 3.88. The van der Waals surface area contributed by atoms with Gasteiger partial charge < -0.3 is 74.6 Å². The highest BCUT2D eigenvalue weighted by Gasteiger charge is 2.35. The molecule has 61 heavy (non-hydrogen) atoms. The second-order valence-electron chi connectivity index (χ2n) is 14.5. The van der Waals surface area contributed by atoms with E-state index in [0.29, 0.717) is 11.3 Å². The first-order valence-corrected chi connectivity index (χ1v) is 20.6. The number of phenols is 1. The summed E-state index contributed by atoms with van der Waals surface area (Å²) in [5, 5.41) is 62.7. The zero-order valence-corrected chi connectivity index (χ0v) is 35.3. The SMILES string of the molecule is CSCC[C@H](NC(=O)[C@H](CC(C)C)NC(=O)[C@H](Cc1ccc(O)cc1)NC(=O)[C@H](CC(=O)O)NC(=O)[C@@H](NC(=O)[C@@H](N)CCCN=C(N)N)[C@@H](C)O)C(=O)N[C@@H](CO)C(=O)O. The number of aliphatic hydroxyl groups excluding tert-OH is 2. The second kappa shape index (κ2) is 27.2. The number of thioether (sulfide) groups is 1. The fourth-order valence-corrected chi connectivity index (χ4v) is 5.99. The van der Waals surface area contributed by atoms with Crippen molar-refractivity contribution >= 4 is 65.1 Å². The minimum Gasteiger partial charge on any atom is -0.508 e. The molecule has 0 bridgehead atoms. The van der Waals surface area contributed by atoms with Crippen molar-refractivity contribution in [3.05, 3.63) is 29.8 Å². The van der Waals surface area contributed by atoms with Crippen LogP contribution in [0.1, 0.15) is 58.4 Å². The summed E-state index contributed by atoms with van der Waals surface area (Å²) in [5.41, 5.74) is 16.9. The summed E-state index contributed by atoms with van der Waals surface area (Å²) >= 11 is 1.33. The van der Waals surface area contributed by atoms with Gasteiger partial charge in [-0.15, -0.1) is 0 Å². The van der Waals surface area contributed by atoms with Crippen LogP contribution in [0.2, 0.25) is 0 Å². The monoisotopic (exact) mass is 884 g/mol. The number of guanidine groups is 1. The van der Waals surface area contributed by atoms with Crippen molar-refractivity contribution in [2.45, 2.75) is 108 Å². The number of carbonyl (C=O) groups excluding carboxylic acids is 6. The summed E-state index contributed by atoms with van der Waals surface area (Å²) in [7, 11) is 0. The van der Waals surface area contributed by atoms with Crippen LogP contribution in [0.15, 0.2) is 29.3 Å². The lowest BCUT2D eigenvalue weighted by Gasteiger charge is -2.28. The molecule has 342 valence electrons. The number of aliphatic imine (C=N–C) groups is 1. The molecule has 23 nitrogen and oxygen atoms in total. The van der Waals surface area contributed by atoms with Crippen LogP contribution in [-0.4, -0.2) is 152 Å². The molecule has 0 fully saturated rings. The Morgan fingerprint density at radius 3 is 1.77 bits per heavy atom. The van der Waals surface area contributed by atoms with Gasteiger partial charge in [-0.05, 0) is 68.2 Å². The number of amides is 6. The van der Waals surface area contributed by atoms with Crippen LogP contribution in [0.3, 0.4) is 0 Å². The Labute approximate surface area is 356 Å². The standard InChI is InChI=1S/C37H60N10O13S/c1-18(2)14-24(32(55)42-23(11-13-61-4)31(54)46-27(17-48)36(59)60)43-33(56)25(15-20-7-9-21(50)10-8-20)44-34(57)26(16-28(51)52)45-35(58)29(19(3)49)47-30(53)22(38)6-5-12-41-37(39)40/h7-10,18-19,22-27,29,48-50H,5-6,11-17,38H2,1-4H3,(H,42,55)(H,43,56)(H,44,57)(H,45,58)(H,46,54)(H,47,53)(H,51,52)(H,59,60)(H4,39,40,41)/t19-,22+,23+,24+,25+,26+,27+,29+/m1/s1. The van der Waals surface area contributed by atoms with Crippen molar-refractivity contribution in [1.82, 2.24) is 31.9 Å². The molecule has 0 heterocycles. The second-order valence-corrected chi connectivity index (χ2v) is 15.5. The van der Waals surface area contributed by atoms with Crippen molar-refractivity contribution < 1.29 is 63.9 Å². The van der Waals surface area contributed by atoms with E-state index >= 15 is 0 Å². The molecule has 1 rings (SSSR count). The molecule has 8 atom stereocenters. The molecule has 0 aliphatic heterocycles. The van der Waals surface area contributed by atoms with Gasteiger partial charge in [0.15, 0.2) is 5.96 Å². The Hall–Kier alpha value is -5.72. The molecule has 0 aliphatic rings. The number of aromatic hydroxyl groups is 1. The largest absolute Gasteiger partial charge is 0.508 e. The average Bonchev–Trinajstić information content (AvgIpc) is 3.17. The Bertz CT molecular complexity index is 1680. The molecule has 1 aromatic carbocycles. The van der Waals surface area contributed by atoms with Crippen LogP contribution in [0.4, 0.5) is 0 Å². The third-order valence-corrected chi connectivity index (χ3v) is 9.41. The molecular formula is C37H60N10O13S. The van der Waals surface area contributed by atoms with Gasteiger partial charge in [-0.25, -0.2) is 4.79 Å². The van der Waals surface area contributed by atoms with Crippen molar-refractivity contribution in [2.24, 2.45) is 28.1 Å². The number of carboxylic acid groups (broad SMARTS) is 2. The normalized spacial score (nSPS) is 15.0. The molecule has 0 unspecified atom stereocenters. The predicted molar refractivity (Wildman–Crippen MR) is 222 cm³/mol. The number of hydrogen-bond acceptors (Lipinski definition) is 14. The number of carboxylic acids is 2. The van der Waals surface area contributed by atoms with Crippen molar-refractivity contribution in [3.63, 3.8) is 0 Å². The number of carbonyl (C=O) groups is 8. The summed E-state index contributed by atoms with van der Waals surface area (Å²) in [5.74, 6) is -9.14. The Morgan fingerprint density at radius 1 is 0.721 bits per heavy atom. The van der Waals surface area contributed by atoms with Crippen LogP contribution in [0.25, 0.3) is 0 Å². The summed E-state index contributed by atoms with van der Waals surface area (Å²) in [6, 6.07) is -5.13. The van der Waals surface area contributed by atoms with Gasteiger partial charge in [0, 0.05) is 13.0 Å². The molecule has 1 aromatic rings. The van der Waals surface area contributed by atoms with Gasteiger partial charge in [-0.3, -0.25) is 38.6 Å². The van der Waals surface area contributed by atoms with Crippen molar-refractivity contribution in [3.8, 4) is 5.75 Å². The van der Waals surface area contributed by atoms with E-state index in [-0.39, 0.29) is 56.3 Å². The van der Waals surface area contributed by atoms with E-state index in [4.69, 9.17) is 17.2 Å². The van der Waals surface area contributed by atoms with E-state index in [2.05, 4.69) is 36.9 Å². The zero-order chi connectivity index (χ0) is 46.4. The van der Waals surface area contributed by atoms with Crippen LogP contribution in [0, 0.1) is 5.92 Å². The number of nitrogens with zero attached hydrogens (tertiary/aromatic N) is 1. The van der Waals surface area contributed by atoms with E-state index in [0.717, 1.165) is 6.92 Å². The number of aliphatic carboxylic acids is 2. The molecule has 0 aliphatic carbocycles. The van der Waals surface area contributed by atoms with E-state index in [1.54, 1.807) is 20.1 Å². The lowest BCUT2D eigenvalue weighted by molar-refractivity contribution is -0.143. The third-order valence-electron chi connectivity index (χ3n) is 8.77. The van der Waals surface area contributed by atoms with Gasteiger partial charge in [-0.2, -0.15) is 11.8 Å². The maximum Gasteiger partial charge on any atom is 0.328 e. The lowest BCUT2D eigenvalue weighted by Crippen LogP contribution is -2.61. The first kappa shape index (κ1) is 53.3. The molecule has 0 saturated carbocycles. The molecule has 24 heteroatoms. The molecule has 0 spiro atoms. The number of nitrogens with two attached hydrogens (primary N) is 3. The number of rotatable bonds is 28. The van der Waals surface area contributed by atoms with Crippen LogP contribution >= 0.6 is 11.8 Å². The van der Waals surface area contributed by atoms with Gasteiger partial charge >= 0.3 is 11.9 Å². The summed E-state index contributed by atoms with van der Waals surface area (Å²) < 4.78 is 0. The van der Waals surface area contributed by atoms with E-state index in [1.807, 2.05) is 0 Å². The maximum atomic E-state index is 14.0. The third kappa shape index (κ3) is 20.4. The van der Waals surface area contributed by atoms with Crippen molar-refractivity contribution in [2.75, 3.05) is 25.2 Å². The molecule has 0 aromatic heterocycles. The number of benzene rings is 1. The first-order chi connectivity index (χ1) is 28.6. The van der Waals surface area contributed by atoms with Gasteiger partial charge in [0.2, 0.25) is 35.4 Å². The highest BCUT2D eigenvalue weighted by Crippen LogP contribution is 2.14. The fourth-order valence-electron chi connectivity index (χ4n) is 5.52. The highest BCUT2D eigenvalue weighted by molar-refractivity contribution is 7.98. The topological polar surface area (TPSA) is 400 Å². The zero-order valence-electron chi connectivity index (χ0n) is 34.5. The first-order valence-electron chi connectivity index (χ1n) is 19.2. The Morgan fingerprint density at radius 2 is 1.25 bits per heavy atom. The fraction of sp³-hybridized carbons (Fsp3) is 0.595. The molecular weight excluding hydrogens is 825 g/mol. The molecule has 17 N–H and O–H groups in total. The summed E-state index contributed by atoms with van der Waals surface area (Å²) in [4.78, 5) is 108. The van der Waals surface area contributed by atoms with E-state index < -0.39 is 109 Å². The van der Waals surface area contributed by atoms with Gasteiger partial charge in [-0.1, -0.05) is 26.0 Å². The average molecular weight is 885 g/mol.